The summed E-state index contributed by atoms with van der Waals surface area (Å²) in [7, 11) is 0. The van der Waals surface area contributed by atoms with Crippen molar-refractivity contribution in [1.29, 1.82) is 0 Å². The molecule has 2 aromatic rings. The summed E-state index contributed by atoms with van der Waals surface area (Å²) in [4.78, 5) is 53.2. The molecule has 242 valence electrons. The molecule has 1 aromatic carbocycles. The number of carboxylic acids is 2. The maximum absolute atomic E-state index is 13.2. The number of carboxylic acid groups (broad SMARTS) is 2. The standard InChI is InChI=1S/C29H38N2O13/c1-4-5-16(29(41)42)31-28(40)15(6-7-20(35)36)30-13(3)9-14-10-18(34)21-12(2)8-17(33)22(26(21)43-14)27-25(39)24(38)23(37)19(11-32)44-27/h8,10,15-16,19,23-25,27,32-33,37-39H,4-7,9,11H2,1-3H3,(H,31,40)(H,35,36)(H,41,42)/b30-13-. The molecule has 0 bridgehead atoms. The molecule has 1 aliphatic heterocycles. The van der Waals surface area contributed by atoms with E-state index in [2.05, 4.69) is 10.3 Å². The monoisotopic (exact) mass is 622 g/mol. The number of benzene rings is 1. The lowest BCUT2D eigenvalue weighted by Crippen LogP contribution is -2.55. The van der Waals surface area contributed by atoms with Gasteiger partial charge in [-0.1, -0.05) is 13.3 Å². The quantitative estimate of drug-likeness (QED) is 0.136. The highest BCUT2D eigenvalue weighted by molar-refractivity contribution is 5.92. The predicted molar refractivity (Wildman–Crippen MR) is 154 cm³/mol. The summed E-state index contributed by atoms with van der Waals surface area (Å²) < 4.78 is 11.6. The minimum absolute atomic E-state index is 0.00591. The molecule has 44 heavy (non-hydrogen) atoms. The lowest BCUT2D eigenvalue weighted by Gasteiger charge is -2.40. The largest absolute Gasteiger partial charge is 0.507 e. The van der Waals surface area contributed by atoms with Gasteiger partial charge >= 0.3 is 11.9 Å². The molecule has 7 atom stereocenters. The molecule has 8 N–H and O–H groups in total. The van der Waals surface area contributed by atoms with Crippen molar-refractivity contribution >= 4 is 34.5 Å². The third-order valence-corrected chi connectivity index (χ3v) is 7.38. The SMILES string of the molecule is CCCC(NC(=O)C(CCC(=O)O)/N=C(/C)Cc1cc(=O)c2c(C)cc(O)c(C3OC(CO)C(O)C(O)C3O)c2o1)C(=O)O. The molecule has 3 rings (SSSR count). The van der Waals surface area contributed by atoms with E-state index >= 15 is 0 Å². The average Bonchev–Trinajstić information content (AvgIpc) is 2.94. The Hall–Kier alpha value is -3.89. The first kappa shape index (κ1) is 34.6. The van der Waals surface area contributed by atoms with Crippen LogP contribution >= 0.6 is 0 Å². The number of aryl methyl sites for hydroxylation is 1. The second-order valence-electron chi connectivity index (χ2n) is 10.8. The van der Waals surface area contributed by atoms with Crippen molar-refractivity contribution in [3.8, 4) is 5.75 Å². The Kier molecular flexibility index (Phi) is 11.6. The van der Waals surface area contributed by atoms with E-state index in [-0.39, 0.29) is 47.3 Å². The maximum atomic E-state index is 13.2. The zero-order valence-corrected chi connectivity index (χ0v) is 24.5. The zero-order chi connectivity index (χ0) is 32.9. The fourth-order valence-electron chi connectivity index (χ4n) is 5.17. The molecule has 1 saturated heterocycles. The molecule has 1 fully saturated rings. The third kappa shape index (κ3) is 7.78. The number of nitrogens with one attached hydrogen (secondary N) is 1. The molecule has 2 heterocycles. The fourth-order valence-corrected chi connectivity index (χ4v) is 5.17. The van der Waals surface area contributed by atoms with E-state index in [1.54, 1.807) is 6.92 Å². The number of aliphatic carboxylic acids is 2. The molecule has 15 nitrogen and oxygen atoms in total. The van der Waals surface area contributed by atoms with Gasteiger partial charge in [-0.05, 0) is 38.3 Å². The number of amides is 1. The Morgan fingerprint density at radius 3 is 2.34 bits per heavy atom. The van der Waals surface area contributed by atoms with E-state index in [0.29, 0.717) is 12.0 Å². The lowest BCUT2D eigenvalue weighted by atomic mass is 9.89. The second kappa shape index (κ2) is 14.7. The van der Waals surface area contributed by atoms with Gasteiger partial charge in [0.1, 0.15) is 59.7 Å². The maximum Gasteiger partial charge on any atom is 0.326 e. The van der Waals surface area contributed by atoms with Gasteiger partial charge in [-0.25, -0.2) is 4.79 Å². The molecule has 0 saturated carbocycles. The van der Waals surface area contributed by atoms with Crippen LogP contribution in [0.25, 0.3) is 11.0 Å². The fraction of sp³-hybridized carbons (Fsp3) is 0.552. The highest BCUT2D eigenvalue weighted by Gasteiger charge is 2.46. The molecule has 0 radical (unpaired) electrons. The first-order valence-corrected chi connectivity index (χ1v) is 14.1. The van der Waals surface area contributed by atoms with Crippen molar-refractivity contribution in [1.82, 2.24) is 5.32 Å². The third-order valence-electron chi connectivity index (χ3n) is 7.38. The van der Waals surface area contributed by atoms with E-state index in [1.165, 1.54) is 19.9 Å². The highest BCUT2D eigenvalue weighted by Crippen LogP contribution is 2.41. The number of aromatic hydroxyl groups is 1. The van der Waals surface area contributed by atoms with Crippen LogP contribution in [0, 0.1) is 6.92 Å². The van der Waals surface area contributed by atoms with Gasteiger partial charge in [0.2, 0.25) is 5.91 Å². The number of aliphatic hydroxyl groups is 4. The molecule has 1 aromatic heterocycles. The van der Waals surface area contributed by atoms with Gasteiger partial charge in [0.25, 0.3) is 0 Å². The Morgan fingerprint density at radius 2 is 1.75 bits per heavy atom. The number of hydrogen-bond donors (Lipinski definition) is 8. The number of phenolic OH excluding ortho intramolecular Hbond substituents is 1. The number of carbonyl (C=O) groups is 3. The van der Waals surface area contributed by atoms with Crippen molar-refractivity contribution in [2.75, 3.05) is 6.61 Å². The van der Waals surface area contributed by atoms with Gasteiger partial charge in [-0.15, -0.1) is 0 Å². The van der Waals surface area contributed by atoms with Crippen LogP contribution in [0.5, 0.6) is 5.75 Å². The van der Waals surface area contributed by atoms with Crippen molar-refractivity contribution in [2.24, 2.45) is 4.99 Å². The topological polar surface area (TPSA) is 257 Å². The van der Waals surface area contributed by atoms with Gasteiger partial charge in [0, 0.05) is 24.6 Å². The molecular weight excluding hydrogens is 584 g/mol. The summed E-state index contributed by atoms with van der Waals surface area (Å²) in [6, 6.07) is -0.0356. The van der Waals surface area contributed by atoms with Crippen LogP contribution in [0.4, 0.5) is 0 Å². The summed E-state index contributed by atoms with van der Waals surface area (Å²) in [6.07, 6.45) is -8.22. The van der Waals surface area contributed by atoms with Crippen LogP contribution in [-0.4, -0.2) is 102 Å². The molecule has 0 aliphatic carbocycles. The summed E-state index contributed by atoms with van der Waals surface area (Å²) in [5.74, 6) is -3.65. The first-order chi connectivity index (χ1) is 20.7. The second-order valence-corrected chi connectivity index (χ2v) is 10.8. The van der Waals surface area contributed by atoms with Crippen LogP contribution in [-0.2, 0) is 25.5 Å². The van der Waals surface area contributed by atoms with Gasteiger partial charge in [0.15, 0.2) is 5.43 Å². The number of nitrogens with zero attached hydrogens (tertiary/aromatic N) is 1. The minimum Gasteiger partial charge on any atom is -0.507 e. The van der Waals surface area contributed by atoms with Crippen LogP contribution < -0.4 is 10.7 Å². The van der Waals surface area contributed by atoms with Crippen molar-refractivity contribution in [2.45, 2.75) is 95.5 Å². The summed E-state index contributed by atoms with van der Waals surface area (Å²) in [6.45, 7) is 4.06. The van der Waals surface area contributed by atoms with Gasteiger partial charge in [-0.2, -0.15) is 0 Å². The number of phenols is 1. The number of fused-ring (bicyclic) bond motifs is 1. The first-order valence-electron chi connectivity index (χ1n) is 14.1. The van der Waals surface area contributed by atoms with Crippen molar-refractivity contribution in [3.05, 3.63) is 39.2 Å². The lowest BCUT2D eigenvalue weighted by molar-refractivity contribution is -0.231. The minimum atomic E-state index is -1.78. The average molecular weight is 623 g/mol. The number of aliphatic imine (C=N–C) groups is 1. The number of hydrogen-bond acceptors (Lipinski definition) is 12. The molecule has 0 spiro atoms. The van der Waals surface area contributed by atoms with Gasteiger partial charge in [-0.3, -0.25) is 19.4 Å². The predicted octanol–water partition coefficient (Wildman–Crippen LogP) is -0.0718. The van der Waals surface area contributed by atoms with Gasteiger partial charge < -0.3 is 50.2 Å². The van der Waals surface area contributed by atoms with E-state index in [0.717, 1.165) is 6.07 Å². The zero-order valence-electron chi connectivity index (χ0n) is 24.5. The van der Waals surface area contributed by atoms with E-state index in [9.17, 15) is 49.8 Å². The van der Waals surface area contributed by atoms with Crippen LogP contribution in [0.15, 0.2) is 26.3 Å². The summed E-state index contributed by atoms with van der Waals surface area (Å²) in [5.41, 5.74) is -0.383. The Labute approximate surface area is 251 Å². The van der Waals surface area contributed by atoms with E-state index in [4.69, 9.17) is 14.3 Å². The molecule has 1 amide bonds. The number of ether oxygens (including phenoxy) is 1. The Balaban J connectivity index is 2.03. The number of rotatable bonds is 13. The van der Waals surface area contributed by atoms with Crippen LogP contribution in [0.1, 0.15) is 62.5 Å². The molecular formula is C29H38N2O13. The van der Waals surface area contributed by atoms with Gasteiger partial charge in [0.05, 0.1) is 17.6 Å². The molecule has 1 aliphatic rings. The van der Waals surface area contributed by atoms with Crippen molar-refractivity contribution in [3.63, 3.8) is 0 Å². The van der Waals surface area contributed by atoms with Crippen LogP contribution in [0.2, 0.25) is 0 Å². The van der Waals surface area contributed by atoms with E-state index < -0.39 is 84.7 Å². The number of carbonyl (C=O) groups excluding carboxylic acids is 1. The summed E-state index contributed by atoms with van der Waals surface area (Å²) >= 11 is 0. The Bertz CT molecular complexity index is 1470. The number of aliphatic hydroxyl groups excluding tert-OH is 4. The van der Waals surface area contributed by atoms with Crippen molar-refractivity contribution < 1.29 is 59.3 Å². The smallest absolute Gasteiger partial charge is 0.326 e. The summed E-state index contributed by atoms with van der Waals surface area (Å²) in [5, 5.41) is 72.6. The highest BCUT2D eigenvalue weighted by atomic mass is 16.5. The Morgan fingerprint density at radius 1 is 1.07 bits per heavy atom. The molecule has 7 unspecified atom stereocenters. The normalized spacial score (nSPS) is 23.7. The van der Waals surface area contributed by atoms with E-state index in [1.807, 2.05) is 0 Å². The molecule has 15 heteroatoms. The van der Waals surface area contributed by atoms with Crippen LogP contribution in [0.3, 0.4) is 0 Å².